The van der Waals surface area contributed by atoms with E-state index in [-0.39, 0.29) is 30.1 Å². The molecule has 2 atom stereocenters. The van der Waals surface area contributed by atoms with E-state index in [4.69, 9.17) is 10.5 Å². The Labute approximate surface area is 210 Å². The van der Waals surface area contributed by atoms with Crippen LogP contribution in [0.2, 0.25) is 0 Å². The first kappa shape index (κ1) is 26.1. The van der Waals surface area contributed by atoms with Gasteiger partial charge in [0.05, 0.1) is 4.90 Å². The lowest BCUT2D eigenvalue weighted by Crippen LogP contribution is -2.57. The monoisotopic (exact) mass is 518 g/mol. The molecule has 0 bridgehead atoms. The van der Waals surface area contributed by atoms with Crippen molar-refractivity contribution < 1.29 is 27.1 Å². The first-order chi connectivity index (χ1) is 17.2. The fourth-order valence-electron chi connectivity index (χ4n) is 4.63. The molecule has 1 heterocycles. The van der Waals surface area contributed by atoms with Crippen molar-refractivity contribution in [1.82, 2.24) is 14.5 Å². The zero-order chi connectivity index (χ0) is 25.9. The molecule has 0 radical (unpaired) electrons. The third kappa shape index (κ3) is 5.69. The number of amides is 2. The summed E-state index contributed by atoms with van der Waals surface area (Å²) in [5, 5.41) is 2.92. The van der Waals surface area contributed by atoms with Gasteiger partial charge in [0.25, 0.3) is 11.8 Å². The molecule has 194 valence electrons. The molecule has 2 fully saturated rings. The number of sulfonamides is 1. The quantitative estimate of drug-likeness (QED) is 0.577. The SMILES string of the molecule is CC(Oc1ccccc1)C(=O)N1CCN(S(=O)(=O)c2ccc(F)cc2)C1C(=O)NC1CCC(N)CC1. The van der Waals surface area contributed by atoms with Crippen LogP contribution in [0.25, 0.3) is 0 Å². The van der Waals surface area contributed by atoms with E-state index in [1.54, 1.807) is 31.2 Å². The Morgan fingerprint density at radius 2 is 1.67 bits per heavy atom. The number of benzene rings is 2. The van der Waals surface area contributed by atoms with Crippen molar-refractivity contribution in [2.45, 2.75) is 61.9 Å². The van der Waals surface area contributed by atoms with Crippen LogP contribution in [-0.2, 0) is 19.6 Å². The molecule has 1 aliphatic heterocycles. The maximum Gasteiger partial charge on any atom is 0.265 e. The molecule has 2 aliphatic rings. The van der Waals surface area contributed by atoms with Gasteiger partial charge in [-0.15, -0.1) is 0 Å². The van der Waals surface area contributed by atoms with E-state index in [1.807, 2.05) is 6.07 Å². The summed E-state index contributed by atoms with van der Waals surface area (Å²) in [7, 11) is -4.20. The van der Waals surface area contributed by atoms with Crippen LogP contribution in [0.3, 0.4) is 0 Å². The molecular formula is C25H31FN4O5S. The highest BCUT2D eigenvalue weighted by Crippen LogP contribution is 2.27. The Bertz CT molecular complexity index is 1170. The van der Waals surface area contributed by atoms with Crippen LogP contribution in [0.15, 0.2) is 59.5 Å². The van der Waals surface area contributed by atoms with Crippen molar-refractivity contribution in [3.8, 4) is 5.75 Å². The number of nitrogens with zero attached hydrogens (tertiary/aromatic N) is 2. The summed E-state index contributed by atoms with van der Waals surface area (Å²) in [4.78, 5) is 28.0. The number of carbonyl (C=O) groups excluding carboxylic acids is 2. The number of ether oxygens (including phenoxy) is 1. The number of para-hydroxylation sites is 1. The number of nitrogens with two attached hydrogens (primary N) is 1. The minimum atomic E-state index is -4.20. The molecule has 1 saturated heterocycles. The van der Waals surface area contributed by atoms with Gasteiger partial charge in [-0.25, -0.2) is 12.8 Å². The lowest BCUT2D eigenvalue weighted by molar-refractivity contribution is -0.145. The number of rotatable bonds is 7. The molecule has 1 aliphatic carbocycles. The Morgan fingerprint density at radius 3 is 2.31 bits per heavy atom. The average molecular weight is 519 g/mol. The Morgan fingerprint density at radius 1 is 1.03 bits per heavy atom. The molecule has 2 amide bonds. The van der Waals surface area contributed by atoms with Gasteiger partial charge >= 0.3 is 0 Å². The van der Waals surface area contributed by atoms with Crippen molar-refractivity contribution in [3.05, 3.63) is 60.4 Å². The van der Waals surface area contributed by atoms with Crippen molar-refractivity contribution in [2.75, 3.05) is 13.1 Å². The Hall–Kier alpha value is -3.02. The van der Waals surface area contributed by atoms with Crippen molar-refractivity contribution in [1.29, 1.82) is 0 Å². The molecule has 11 heteroatoms. The van der Waals surface area contributed by atoms with Crippen molar-refractivity contribution in [2.24, 2.45) is 5.73 Å². The summed E-state index contributed by atoms with van der Waals surface area (Å²) in [5.74, 6) is -1.20. The highest BCUT2D eigenvalue weighted by Gasteiger charge is 2.48. The van der Waals surface area contributed by atoms with E-state index in [9.17, 15) is 22.4 Å². The standard InChI is InChI=1S/C25H31FN4O5S/c1-17(35-21-5-3-2-4-6-21)25(32)29-15-16-30(36(33,34)22-13-7-18(26)8-14-22)24(29)23(31)28-20-11-9-19(27)10-12-20/h2-8,13-14,17,19-20,24H,9-12,15-16,27H2,1H3,(H,28,31). The summed E-state index contributed by atoms with van der Waals surface area (Å²) in [6, 6.07) is 13.1. The minimum Gasteiger partial charge on any atom is -0.481 e. The van der Waals surface area contributed by atoms with E-state index in [0.717, 1.165) is 41.4 Å². The number of halogens is 1. The second kappa shape index (κ2) is 10.9. The zero-order valence-corrected chi connectivity index (χ0v) is 20.9. The average Bonchev–Trinajstić information content (AvgIpc) is 3.32. The predicted octanol–water partition coefficient (Wildman–Crippen LogP) is 1.84. The molecule has 4 rings (SSSR count). The minimum absolute atomic E-state index is 0.00930. The fourth-order valence-corrected chi connectivity index (χ4v) is 6.17. The molecule has 1 saturated carbocycles. The van der Waals surface area contributed by atoms with Crippen LogP contribution in [0.1, 0.15) is 32.6 Å². The maximum atomic E-state index is 13.5. The molecule has 36 heavy (non-hydrogen) atoms. The first-order valence-electron chi connectivity index (χ1n) is 12.0. The molecule has 9 nitrogen and oxygen atoms in total. The van der Waals surface area contributed by atoms with Gasteiger partial charge in [0.2, 0.25) is 10.0 Å². The summed E-state index contributed by atoms with van der Waals surface area (Å²) >= 11 is 0. The van der Waals surface area contributed by atoms with Crippen LogP contribution in [0.5, 0.6) is 5.75 Å². The van der Waals surface area contributed by atoms with Crippen molar-refractivity contribution >= 4 is 21.8 Å². The van der Waals surface area contributed by atoms with Gasteiger partial charge in [-0.3, -0.25) is 9.59 Å². The largest absolute Gasteiger partial charge is 0.481 e. The van der Waals surface area contributed by atoms with E-state index in [2.05, 4.69) is 5.32 Å². The lowest BCUT2D eigenvalue weighted by atomic mass is 9.92. The zero-order valence-electron chi connectivity index (χ0n) is 20.0. The first-order valence-corrected chi connectivity index (χ1v) is 13.5. The number of hydrogen-bond donors (Lipinski definition) is 2. The summed E-state index contributed by atoms with van der Waals surface area (Å²) in [6.45, 7) is 1.48. The highest BCUT2D eigenvalue weighted by molar-refractivity contribution is 7.89. The van der Waals surface area contributed by atoms with Crippen molar-refractivity contribution in [3.63, 3.8) is 0 Å². The summed E-state index contributed by atoms with van der Waals surface area (Å²) in [6.07, 6.45) is 0.488. The third-order valence-corrected chi connectivity index (χ3v) is 8.46. The van der Waals surface area contributed by atoms with Crippen LogP contribution in [0.4, 0.5) is 4.39 Å². The molecule has 3 N–H and O–H groups in total. The van der Waals surface area contributed by atoms with Gasteiger partial charge in [0, 0.05) is 25.2 Å². The summed E-state index contributed by atoms with van der Waals surface area (Å²) in [5.41, 5.74) is 5.97. The van der Waals surface area contributed by atoms with E-state index < -0.39 is 39.9 Å². The number of carbonyl (C=O) groups is 2. The van der Waals surface area contributed by atoms with E-state index in [0.29, 0.717) is 18.6 Å². The van der Waals surface area contributed by atoms with Gasteiger partial charge in [-0.05, 0) is 69.0 Å². The highest BCUT2D eigenvalue weighted by atomic mass is 32.2. The van der Waals surface area contributed by atoms with Gasteiger partial charge in [0.15, 0.2) is 12.3 Å². The maximum absolute atomic E-state index is 13.5. The number of hydrogen-bond acceptors (Lipinski definition) is 6. The van der Waals surface area contributed by atoms with Crippen LogP contribution in [-0.4, -0.2) is 66.9 Å². The van der Waals surface area contributed by atoms with Gasteiger partial charge < -0.3 is 20.7 Å². The Kier molecular flexibility index (Phi) is 7.91. The molecule has 2 unspecified atom stereocenters. The Balaban J connectivity index is 1.59. The van der Waals surface area contributed by atoms with Crippen LogP contribution in [0, 0.1) is 5.82 Å². The van der Waals surface area contributed by atoms with Gasteiger partial charge in [-0.1, -0.05) is 18.2 Å². The topological polar surface area (TPSA) is 122 Å². The second-order valence-corrected chi connectivity index (χ2v) is 11.1. The molecule has 0 spiro atoms. The van der Waals surface area contributed by atoms with Gasteiger partial charge in [-0.2, -0.15) is 4.31 Å². The van der Waals surface area contributed by atoms with Crippen LogP contribution >= 0.6 is 0 Å². The molecule has 0 aromatic heterocycles. The molecule has 2 aromatic carbocycles. The normalized spacial score (nSPS) is 23.8. The second-order valence-electron chi connectivity index (χ2n) is 9.17. The van der Waals surface area contributed by atoms with Gasteiger partial charge in [0.1, 0.15) is 11.6 Å². The van der Waals surface area contributed by atoms with E-state index in [1.165, 1.54) is 4.90 Å². The summed E-state index contributed by atoms with van der Waals surface area (Å²) < 4.78 is 47.1. The lowest BCUT2D eigenvalue weighted by Gasteiger charge is -2.33. The predicted molar refractivity (Wildman–Crippen MR) is 131 cm³/mol. The number of nitrogens with one attached hydrogen (secondary N) is 1. The fraction of sp³-hybridized carbons (Fsp3) is 0.440. The van der Waals surface area contributed by atoms with E-state index >= 15 is 0 Å². The third-order valence-electron chi connectivity index (χ3n) is 6.59. The molecule has 2 aromatic rings. The molecular weight excluding hydrogens is 487 g/mol. The smallest absolute Gasteiger partial charge is 0.265 e. The van der Waals surface area contributed by atoms with Crippen LogP contribution < -0.4 is 15.8 Å².